The quantitative estimate of drug-likeness (QED) is 0.765. The molecule has 1 aliphatic rings. The zero-order valence-electron chi connectivity index (χ0n) is 11.8. The summed E-state index contributed by atoms with van der Waals surface area (Å²) in [4.78, 5) is 17.4. The van der Waals surface area contributed by atoms with Crippen LogP contribution in [-0.4, -0.2) is 37.1 Å². The molecule has 2 heterocycles. The fourth-order valence-corrected chi connectivity index (χ4v) is 2.54. The van der Waals surface area contributed by atoms with Crippen LogP contribution in [0.25, 0.3) is 0 Å². The van der Waals surface area contributed by atoms with Gasteiger partial charge in [0.15, 0.2) is 6.29 Å². The van der Waals surface area contributed by atoms with Gasteiger partial charge in [-0.3, -0.25) is 4.79 Å². The number of pyridine rings is 1. The van der Waals surface area contributed by atoms with Crippen LogP contribution in [-0.2, 0) is 4.74 Å². The highest BCUT2D eigenvalue weighted by molar-refractivity contribution is 5.75. The van der Waals surface area contributed by atoms with E-state index in [1.54, 1.807) is 6.20 Å². The van der Waals surface area contributed by atoms with Crippen molar-refractivity contribution in [3.8, 4) is 0 Å². The predicted octanol–water partition coefficient (Wildman–Crippen LogP) is 2.60. The van der Waals surface area contributed by atoms with Gasteiger partial charge in [-0.05, 0) is 37.8 Å². The summed E-state index contributed by atoms with van der Waals surface area (Å²) < 4.78 is 5.84. The molecule has 0 N–H and O–H groups in total. The molecule has 1 aromatic rings. The number of aldehydes is 1. The van der Waals surface area contributed by atoms with E-state index in [1.165, 1.54) is 0 Å². The lowest BCUT2D eigenvalue weighted by molar-refractivity contribution is 0.0439. The second kappa shape index (κ2) is 6.66. The molecule has 0 aromatic carbocycles. The summed E-state index contributed by atoms with van der Waals surface area (Å²) in [5.41, 5.74) is 1.69. The highest BCUT2D eigenvalue weighted by atomic mass is 16.5. The first-order chi connectivity index (χ1) is 9.24. The fraction of sp³-hybridized carbons (Fsp3) is 0.600. The number of carbonyl (C=O) groups excluding carboxylic acids is 1. The van der Waals surface area contributed by atoms with E-state index in [9.17, 15) is 4.79 Å². The molecule has 1 aliphatic heterocycles. The van der Waals surface area contributed by atoms with Crippen LogP contribution < -0.4 is 4.90 Å². The number of rotatable bonds is 5. The SMILES string of the molecule is CCCOC1CCCN(c2ncc(C=O)cc2C)C1. The van der Waals surface area contributed by atoms with Gasteiger partial charge in [-0.2, -0.15) is 0 Å². The van der Waals surface area contributed by atoms with Crippen molar-refractivity contribution in [1.82, 2.24) is 4.98 Å². The zero-order valence-corrected chi connectivity index (χ0v) is 11.8. The second-order valence-corrected chi connectivity index (χ2v) is 5.11. The van der Waals surface area contributed by atoms with Gasteiger partial charge in [-0.25, -0.2) is 4.98 Å². The van der Waals surface area contributed by atoms with Gasteiger partial charge in [0, 0.05) is 31.5 Å². The van der Waals surface area contributed by atoms with E-state index in [0.29, 0.717) is 11.7 Å². The number of piperidine rings is 1. The van der Waals surface area contributed by atoms with Crippen LogP contribution in [0.3, 0.4) is 0 Å². The highest BCUT2D eigenvalue weighted by Crippen LogP contribution is 2.23. The Hall–Kier alpha value is -1.42. The molecule has 4 nitrogen and oxygen atoms in total. The van der Waals surface area contributed by atoms with Crippen molar-refractivity contribution in [3.63, 3.8) is 0 Å². The third kappa shape index (κ3) is 3.53. The van der Waals surface area contributed by atoms with E-state index < -0.39 is 0 Å². The van der Waals surface area contributed by atoms with Crippen molar-refractivity contribution < 1.29 is 9.53 Å². The van der Waals surface area contributed by atoms with Gasteiger partial charge < -0.3 is 9.64 Å². The van der Waals surface area contributed by atoms with Crippen LogP contribution in [0.2, 0.25) is 0 Å². The van der Waals surface area contributed by atoms with Crippen LogP contribution in [0.1, 0.15) is 42.1 Å². The highest BCUT2D eigenvalue weighted by Gasteiger charge is 2.22. The average Bonchev–Trinajstić information content (AvgIpc) is 2.45. The summed E-state index contributed by atoms with van der Waals surface area (Å²) in [6.45, 7) is 6.87. The third-order valence-corrected chi connectivity index (χ3v) is 3.44. The Morgan fingerprint density at radius 3 is 3.11 bits per heavy atom. The normalized spacial score (nSPS) is 19.5. The number of anilines is 1. The zero-order chi connectivity index (χ0) is 13.7. The molecule has 0 aliphatic carbocycles. The summed E-state index contributed by atoms with van der Waals surface area (Å²) in [5, 5.41) is 0. The number of hydrogen-bond donors (Lipinski definition) is 0. The van der Waals surface area contributed by atoms with Crippen LogP contribution in [0.15, 0.2) is 12.3 Å². The van der Waals surface area contributed by atoms with Gasteiger partial charge in [0.2, 0.25) is 0 Å². The standard InChI is InChI=1S/C15H22N2O2/c1-3-7-19-14-5-4-6-17(10-14)15-12(2)8-13(11-18)9-16-15/h8-9,11,14H,3-7,10H2,1-2H3. The molecular weight excluding hydrogens is 240 g/mol. The Balaban J connectivity index is 2.06. The van der Waals surface area contributed by atoms with Crippen molar-refractivity contribution in [2.75, 3.05) is 24.6 Å². The maximum Gasteiger partial charge on any atom is 0.151 e. The minimum atomic E-state index is 0.306. The van der Waals surface area contributed by atoms with Crippen LogP contribution in [0.4, 0.5) is 5.82 Å². The first kappa shape index (κ1) is 14.0. The topological polar surface area (TPSA) is 42.4 Å². The number of hydrogen-bond acceptors (Lipinski definition) is 4. The van der Waals surface area contributed by atoms with Gasteiger partial charge in [0.1, 0.15) is 5.82 Å². The lowest BCUT2D eigenvalue weighted by Crippen LogP contribution is -2.40. The maximum atomic E-state index is 10.7. The van der Waals surface area contributed by atoms with Gasteiger partial charge in [0.05, 0.1) is 6.10 Å². The summed E-state index contributed by atoms with van der Waals surface area (Å²) >= 11 is 0. The second-order valence-electron chi connectivity index (χ2n) is 5.11. The number of ether oxygens (including phenoxy) is 1. The lowest BCUT2D eigenvalue weighted by Gasteiger charge is -2.34. The van der Waals surface area contributed by atoms with Gasteiger partial charge >= 0.3 is 0 Å². The summed E-state index contributed by atoms with van der Waals surface area (Å²) in [6, 6.07) is 1.89. The molecule has 104 valence electrons. The largest absolute Gasteiger partial charge is 0.376 e. The summed E-state index contributed by atoms with van der Waals surface area (Å²) in [7, 11) is 0. The average molecular weight is 262 g/mol. The van der Waals surface area contributed by atoms with E-state index in [4.69, 9.17) is 4.74 Å². The molecule has 2 rings (SSSR count). The first-order valence-electron chi connectivity index (χ1n) is 7.03. The predicted molar refractivity (Wildman–Crippen MR) is 75.8 cm³/mol. The molecule has 1 unspecified atom stereocenters. The Labute approximate surface area is 114 Å². The van der Waals surface area contributed by atoms with Crippen molar-refractivity contribution >= 4 is 12.1 Å². The summed E-state index contributed by atoms with van der Waals surface area (Å²) in [5.74, 6) is 0.982. The minimum absolute atomic E-state index is 0.306. The van der Waals surface area contributed by atoms with Crippen molar-refractivity contribution in [2.45, 2.75) is 39.2 Å². The van der Waals surface area contributed by atoms with Gasteiger partial charge in [-0.15, -0.1) is 0 Å². The molecule has 1 aromatic heterocycles. The fourth-order valence-electron chi connectivity index (χ4n) is 2.54. The van der Waals surface area contributed by atoms with Gasteiger partial charge in [0.25, 0.3) is 0 Å². The lowest BCUT2D eigenvalue weighted by atomic mass is 10.1. The van der Waals surface area contributed by atoms with E-state index in [-0.39, 0.29) is 0 Å². The van der Waals surface area contributed by atoms with Crippen LogP contribution in [0.5, 0.6) is 0 Å². The van der Waals surface area contributed by atoms with Crippen LogP contribution >= 0.6 is 0 Å². The molecule has 0 bridgehead atoms. The first-order valence-corrected chi connectivity index (χ1v) is 7.03. The van der Waals surface area contributed by atoms with Crippen molar-refractivity contribution in [2.24, 2.45) is 0 Å². The van der Waals surface area contributed by atoms with E-state index >= 15 is 0 Å². The van der Waals surface area contributed by atoms with E-state index in [0.717, 1.165) is 56.6 Å². The van der Waals surface area contributed by atoms with Crippen molar-refractivity contribution in [1.29, 1.82) is 0 Å². The molecule has 1 saturated heterocycles. The molecule has 0 spiro atoms. The Morgan fingerprint density at radius 2 is 2.42 bits per heavy atom. The molecule has 0 saturated carbocycles. The summed E-state index contributed by atoms with van der Waals surface area (Å²) in [6.07, 6.45) is 6.11. The smallest absolute Gasteiger partial charge is 0.151 e. The number of nitrogens with zero attached hydrogens (tertiary/aromatic N) is 2. The number of aromatic nitrogens is 1. The molecule has 0 amide bonds. The minimum Gasteiger partial charge on any atom is -0.376 e. The van der Waals surface area contributed by atoms with E-state index in [2.05, 4.69) is 16.8 Å². The van der Waals surface area contributed by atoms with Crippen molar-refractivity contribution in [3.05, 3.63) is 23.4 Å². The van der Waals surface area contributed by atoms with Crippen LogP contribution in [0, 0.1) is 6.92 Å². The molecule has 0 radical (unpaired) electrons. The molecule has 4 heteroatoms. The third-order valence-electron chi connectivity index (χ3n) is 3.44. The molecular formula is C15H22N2O2. The van der Waals surface area contributed by atoms with E-state index in [1.807, 2.05) is 13.0 Å². The number of carbonyl (C=O) groups is 1. The monoisotopic (exact) mass is 262 g/mol. The Kier molecular flexibility index (Phi) is 4.91. The molecule has 1 atom stereocenters. The Bertz CT molecular complexity index is 434. The molecule has 1 fully saturated rings. The maximum absolute atomic E-state index is 10.7. The molecule has 19 heavy (non-hydrogen) atoms. The number of aryl methyl sites for hydroxylation is 1. The van der Waals surface area contributed by atoms with Gasteiger partial charge in [-0.1, -0.05) is 6.92 Å². The Morgan fingerprint density at radius 1 is 1.58 bits per heavy atom.